The SMILES string of the molecule is C=CCOc1ccc(C(=O)NN=Cc2cn(-c3ccccc3)nc2-c2cccc(C)c2)cc1. The average molecular weight is 437 g/mol. The Balaban J connectivity index is 1.55. The highest BCUT2D eigenvalue weighted by atomic mass is 16.5. The molecule has 0 unspecified atom stereocenters. The molecule has 0 saturated carbocycles. The van der Waals surface area contributed by atoms with Crippen LogP contribution in [0.4, 0.5) is 0 Å². The highest BCUT2D eigenvalue weighted by Gasteiger charge is 2.12. The van der Waals surface area contributed by atoms with Gasteiger partial charge < -0.3 is 4.74 Å². The van der Waals surface area contributed by atoms with E-state index in [-0.39, 0.29) is 5.91 Å². The van der Waals surface area contributed by atoms with Crippen LogP contribution in [-0.2, 0) is 0 Å². The monoisotopic (exact) mass is 436 g/mol. The molecule has 0 aliphatic rings. The number of nitrogens with one attached hydrogen (secondary N) is 1. The second-order valence-electron chi connectivity index (χ2n) is 7.41. The number of benzene rings is 3. The predicted molar refractivity (Wildman–Crippen MR) is 131 cm³/mol. The molecule has 1 amide bonds. The second-order valence-corrected chi connectivity index (χ2v) is 7.41. The van der Waals surface area contributed by atoms with Crippen LogP contribution in [0.15, 0.2) is 103 Å². The van der Waals surface area contributed by atoms with E-state index < -0.39 is 0 Å². The van der Waals surface area contributed by atoms with E-state index in [1.54, 1.807) is 36.6 Å². The number of amides is 1. The Labute approximate surface area is 192 Å². The van der Waals surface area contributed by atoms with Crippen LogP contribution in [0.2, 0.25) is 0 Å². The Morgan fingerprint density at radius 2 is 1.88 bits per heavy atom. The molecule has 0 aliphatic carbocycles. The standard InChI is InChI=1S/C27H24N4O2/c1-3-16-33-25-14-12-21(13-15-25)27(32)29-28-18-23-19-31(24-10-5-4-6-11-24)30-26(23)22-9-7-8-20(2)17-22/h3-15,17-19H,1,16H2,2H3,(H,29,32). The Morgan fingerprint density at radius 3 is 2.61 bits per heavy atom. The maximum atomic E-state index is 12.5. The Kier molecular flexibility index (Phi) is 6.75. The second kappa shape index (κ2) is 10.2. The van der Waals surface area contributed by atoms with Crippen molar-refractivity contribution in [3.8, 4) is 22.7 Å². The molecule has 0 radical (unpaired) electrons. The van der Waals surface area contributed by atoms with Crippen molar-refractivity contribution in [2.45, 2.75) is 6.92 Å². The number of carbonyl (C=O) groups is 1. The lowest BCUT2D eigenvalue weighted by molar-refractivity contribution is 0.0955. The summed E-state index contributed by atoms with van der Waals surface area (Å²) in [4.78, 5) is 12.5. The molecule has 1 heterocycles. The lowest BCUT2D eigenvalue weighted by atomic mass is 10.1. The van der Waals surface area contributed by atoms with Gasteiger partial charge >= 0.3 is 0 Å². The van der Waals surface area contributed by atoms with Gasteiger partial charge in [-0.25, -0.2) is 10.1 Å². The molecular formula is C27H24N4O2. The van der Waals surface area contributed by atoms with Gasteiger partial charge in [0, 0.05) is 22.9 Å². The molecule has 4 aromatic rings. The number of para-hydroxylation sites is 1. The number of carbonyl (C=O) groups excluding carboxylic acids is 1. The molecule has 6 nitrogen and oxygen atoms in total. The Morgan fingerprint density at radius 1 is 1.09 bits per heavy atom. The minimum Gasteiger partial charge on any atom is -0.490 e. The van der Waals surface area contributed by atoms with Crippen LogP contribution in [0.5, 0.6) is 5.75 Å². The van der Waals surface area contributed by atoms with Gasteiger partial charge in [0.2, 0.25) is 0 Å². The third-order valence-corrected chi connectivity index (χ3v) is 4.91. The molecule has 1 N–H and O–H groups in total. The van der Waals surface area contributed by atoms with E-state index in [0.717, 1.165) is 28.1 Å². The van der Waals surface area contributed by atoms with Gasteiger partial charge in [-0.15, -0.1) is 0 Å². The van der Waals surface area contributed by atoms with Crippen LogP contribution in [0, 0.1) is 6.92 Å². The summed E-state index contributed by atoms with van der Waals surface area (Å²) >= 11 is 0. The van der Waals surface area contributed by atoms with Crippen molar-refractivity contribution in [2.24, 2.45) is 5.10 Å². The lowest BCUT2D eigenvalue weighted by Crippen LogP contribution is -2.17. The minimum atomic E-state index is -0.311. The van der Waals surface area contributed by atoms with Gasteiger partial charge in [0.05, 0.1) is 11.9 Å². The molecule has 3 aromatic carbocycles. The molecule has 6 heteroatoms. The van der Waals surface area contributed by atoms with Gasteiger partial charge in [-0.1, -0.05) is 54.6 Å². The molecule has 1 aromatic heterocycles. The summed E-state index contributed by atoms with van der Waals surface area (Å²) in [5.41, 5.74) is 7.70. The maximum absolute atomic E-state index is 12.5. The zero-order valence-corrected chi connectivity index (χ0v) is 18.3. The zero-order valence-electron chi connectivity index (χ0n) is 18.3. The summed E-state index contributed by atoms with van der Waals surface area (Å²) in [5.74, 6) is 0.361. The molecule has 0 bridgehead atoms. The van der Waals surface area contributed by atoms with Crippen LogP contribution in [0.25, 0.3) is 16.9 Å². The lowest BCUT2D eigenvalue weighted by Gasteiger charge is -2.04. The van der Waals surface area contributed by atoms with E-state index in [2.05, 4.69) is 23.2 Å². The van der Waals surface area contributed by atoms with Crippen molar-refractivity contribution in [3.63, 3.8) is 0 Å². The molecular weight excluding hydrogens is 412 g/mol. The van der Waals surface area contributed by atoms with Crippen LogP contribution in [0.3, 0.4) is 0 Å². The molecule has 4 rings (SSSR count). The third-order valence-electron chi connectivity index (χ3n) is 4.91. The summed E-state index contributed by atoms with van der Waals surface area (Å²) in [6.07, 6.45) is 5.18. The van der Waals surface area contributed by atoms with Crippen LogP contribution in [-0.4, -0.2) is 28.5 Å². The molecule has 33 heavy (non-hydrogen) atoms. The van der Waals surface area contributed by atoms with Gasteiger partial charge in [-0.05, 0) is 49.4 Å². The first-order valence-corrected chi connectivity index (χ1v) is 10.5. The summed E-state index contributed by atoms with van der Waals surface area (Å²) < 4.78 is 7.25. The maximum Gasteiger partial charge on any atom is 0.271 e. The smallest absolute Gasteiger partial charge is 0.271 e. The molecule has 0 saturated heterocycles. The third kappa shape index (κ3) is 5.43. The Hall–Kier alpha value is -4.45. The van der Waals surface area contributed by atoms with E-state index in [4.69, 9.17) is 9.84 Å². The minimum absolute atomic E-state index is 0.311. The van der Waals surface area contributed by atoms with Crippen molar-refractivity contribution < 1.29 is 9.53 Å². The van der Waals surface area contributed by atoms with Gasteiger partial charge in [-0.3, -0.25) is 4.79 Å². The van der Waals surface area contributed by atoms with Gasteiger partial charge in [0.15, 0.2) is 0 Å². The predicted octanol–water partition coefficient (Wildman–Crippen LogP) is 5.18. The zero-order chi connectivity index (χ0) is 23.0. The van der Waals surface area contributed by atoms with Gasteiger partial charge in [0.1, 0.15) is 18.1 Å². The number of hydrogen-bond donors (Lipinski definition) is 1. The summed E-state index contributed by atoms with van der Waals surface area (Å²) in [6, 6.07) is 24.8. The number of hydrazone groups is 1. The Bertz CT molecular complexity index is 1280. The molecule has 0 spiro atoms. The number of nitrogens with zero attached hydrogens (tertiary/aromatic N) is 3. The van der Waals surface area contributed by atoms with Gasteiger partial charge in [-0.2, -0.15) is 10.2 Å². The van der Waals surface area contributed by atoms with Gasteiger partial charge in [0.25, 0.3) is 5.91 Å². The van der Waals surface area contributed by atoms with E-state index in [1.807, 2.05) is 66.3 Å². The van der Waals surface area contributed by atoms with Crippen molar-refractivity contribution in [1.82, 2.24) is 15.2 Å². The van der Waals surface area contributed by atoms with Crippen LogP contribution < -0.4 is 10.2 Å². The summed E-state index contributed by atoms with van der Waals surface area (Å²) in [7, 11) is 0. The van der Waals surface area contributed by atoms with Crippen molar-refractivity contribution in [3.05, 3.63) is 114 Å². The van der Waals surface area contributed by atoms with Crippen molar-refractivity contribution in [1.29, 1.82) is 0 Å². The van der Waals surface area contributed by atoms with Crippen LogP contribution >= 0.6 is 0 Å². The number of aromatic nitrogens is 2. The largest absolute Gasteiger partial charge is 0.490 e. The number of ether oxygens (including phenoxy) is 1. The molecule has 0 fully saturated rings. The fraction of sp³-hybridized carbons (Fsp3) is 0.0741. The molecule has 0 atom stereocenters. The first-order chi connectivity index (χ1) is 16.1. The first-order valence-electron chi connectivity index (χ1n) is 10.5. The highest BCUT2D eigenvalue weighted by molar-refractivity contribution is 5.95. The number of aryl methyl sites for hydroxylation is 1. The van der Waals surface area contributed by atoms with Crippen molar-refractivity contribution >= 4 is 12.1 Å². The fourth-order valence-corrected chi connectivity index (χ4v) is 3.29. The topological polar surface area (TPSA) is 68.5 Å². The van der Waals surface area contributed by atoms with E-state index in [9.17, 15) is 4.79 Å². The van der Waals surface area contributed by atoms with Crippen LogP contribution in [0.1, 0.15) is 21.5 Å². The first kappa shape index (κ1) is 21.8. The van der Waals surface area contributed by atoms with E-state index in [1.165, 1.54) is 0 Å². The number of hydrogen-bond acceptors (Lipinski definition) is 4. The number of rotatable bonds is 8. The fourth-order valence-electron chi connectivity index (χ4n) is 3.29. The molecule has 0 aliphatic heterocycles. The average Bonchev–Trinajstić information content (AvgIpc) is 3.28. The van der Waals surface area contributed by atoms with E-state index in [0.29, 0.717) is 17.9 Å². The van der Waals surface area contributed by atoms with E-state index >= 15 is 0 Å². The summed E-state index contributed by atoms with van der Waals surface area (Å²) in [5, 5.41) is 8.96. The quantitative estimate of drug-likeness (QED) is 0.235. The molecule has 164 valence electrons. The van der Waals surface area contributed by atoms with Crippen molar-refractivity contribution in [2.75, 3.05) is 6.61 Å². The normalized spacial score (nSPS) is 10.8. The summed E-state index contributed by atoms with van der Waals surface area (Å²) in [6.45, 7) is 6.07. The highest BCUT2D eigenvalue weighted by Crippen LogP contribution is 2.23.